The van der Waals surface area contributed by atoms with Gasteiger partial charge in [0, 0.05) is 18.7 Å². The maximum atomic E-state index is 13.0. The van der Waals surface area contributed by atoms with Gasteiger partial charge in [-0.05, 0) is 18.4 Å². The van der Waals surface area contributed by atoms with Gasteiger partial charge in [-0.25, -0.2) is 9.37 Å². The van der Waals surface area contributed by atoms with E-state index in [4.69, 9.17) is 0 Å². The zero-order chi connectivity index (χ0) is 12.4. The van der Waals surface area contributed by atoms with Crippen LogP contribution in [-0.2, 0) is 6.61 Å². The molecule has 2 N–H and O–H groups in total. The topological polar surface area (TPSA) is 56.6 Å². The average Bonchev–Trinajstić information content (AvgIpc) is 2.32. The third kappa shape index (κ3) is 2.56. The predicted molar refractivity (Wildman–Crippen MR) is 62.1 cm³/mol. The van der Waals surface area contributed by atoms with Gasteiger partial charge in [0.25, 0.3) is 0 Å². The molecule has 1 aliphatic rings. The fourth-order valence-corrected chi connectivity index (χ4v) is 2.20. The van der Waals surface area contributed by atoms with Crippen LogP contribution in [0, 0.1) is 11.7 Å². The minimum Gasteiger partial charge on any atom is -0.393 e. The van der Waals surface area contributed by atoms with E-state index in [0.29, 0.717) is 30.9 Å². The number of rotatable bonds is 2. The molecule has 1 aromatic heterocycles. The van der Waals surface area contributed by atoms with Crippen LogP contribution in [0.5, 0.6) is 0 Å². The normalized spacial score (nSPS) is 25.1. The van der Waals surface area contributed by atoms with E-state index >= 15 is 0 Å². The van der Waals surface area contributed by atoms with Crippen molar-refractivity contribution in [2.24, 2.45) is 5.92 Å². The Bertz CT molecular complexity index is 400. The zero-order valence-corrected chi connectivity index (χ0v) is 9.80. The molecule has 0 radical (unpaired) electrons. The van der Waals surface area contributed by atoms with Crippen molar-refractivity contribution >= 4 is 5.82 Å². The Morgan fingerprint density at radius 2 is 2.35 bits per heavy atom. The molecule has 17 heavy (non-hydrogen) atoms. The number of pyridine rings is 1. The molecule has 4 nitrogen and oxygen atoms in total. The monoisotopic (exact) mass is 240 g/mol. The third-order valence-corrected chi connectivity index (χ3v) is 3.24. The lowest BCUT2D eigenvalue weighted by Crippen LogP contribution is -2.42. The van der Waals surface area contributed by atoms with E-state index in [1.807, 2.05) is 11.8 Å². The lowest BCUT2D eigenvalue weighted by molar-refractivity contribution is 0.0967. The van der Waals surface area contributed by atoms with E-state index in [2.05, 4.69) is 4.98 Å². The van der Waals surface area contributed by atoms with Crippen molar-refractivity contribution in [1.29, 1.82) is 0 Å². The van der Waals surface area contributed by atoms with Gasteiger partial charge in [0.05, 0.1) is 18.9 Å². The molecule has 0 aliphatic carbocycles. The van der Waals surface area contributed by atoms with Crippen molar-refractivity contribution in [2.75, 3.05) is 18.0 Å². The summed E-state index contributed by atoms with van der Waals surface area (Å²) in [5.41, 5.74) is 0.494. The van der Waals surface area contributed by atoms with E-state index in [0.717, 1.165) is 6.20 Å². The number of aromatic nitrogens is 1. The number of aliphatic hydroxyl groups is 2. The maximum Gasteiger partial charge on any atom is 0.142 e. The van der Waals surface area contributed by atoms with Gasteiger partial charge in [-0.1, -0.05) is 6.92 Å². The van der Waals surface area contributed by atoms with E-state index in [1.54, 1.807) is 0 Å². The van der Waals surface area contributed by atoms with Gasteiger partial charge in [0.1, 0.15) is 11.6 Å². The van der Waals surface area contributed by atoms with E-state index in [-0.39, 0.29) is 18.6 Å². The number of nitrogens with zero attached hydrogens (tertiary/aromatic N) is 2. The second-order valence-corrected chi connectivity index (χ2v) is 4.57. The zero-order valence-electron chi connectivity index (χ0n) is 9.80. The lowest BCUT2D eigenvalue weighted by atomic mass is 9.96. The van der Waals surface area contributed by atoms with Crippen LogP contribution in [0.4, 0.5) is 10.2 Å². The minimum absolute atomic E-state index is 0.155. The summed E-state index contributed by atoms with van der Waals surface area (Å²) < 4.78 is 13.0. The van der Waals surface area contributed by atoms with Gasteiger partial charge < -0.3 is 15.1 Å². The molecule has 1 aliphatic heterocycles. The van der Waals surface area contributed by atoms with Crippen LogP contribution in [0.3, 0.4) is 0 Å². The van der Waals surface area contributed by atoms with Crippen LogP contribution in [-0.4, -0.2) is 34.4 Å². The van der Waals surface area contributed by atoms with Crippen molar-refractivity contribution < 1.29 is 14.6 Å². The smallest absolute Gasteiger partial charge is 0.142 e. The molecule has 2 heterocycles. The van der Waals surface area contributed by atoms with Crippen molar-refractivity contribution in [3.8, 4) is 0 Å². The van der Waals surface area contributed by atoms with Gasteiger partial charge in [0.2, 0.25) is 0 Å². The molecule has 0 bridgehead atoms. The Labute approximate surface area is 99.7 Å². The first-order valence-electron chi connectivity index (χ1n) is 5.80. The molecule has 2 rings (SSSR count). The summed E-state index contributed by atoms with van der Waals surface area (Å²) in [6, 6.07) is 1.30. The standard InChI is InChI=1S/C12H17FN2O2/c1-8-6-15(3-2-11(8)17)12-9(7-16)4-10(13)5-14-12/h4-5,8,11,16-17H,2-3,6-7H2,1H3. The van der Waals surface area contributed by atoms with E-state index in [9.17, 15) is 14.6 Å². The molecule has 1 aromatic rings. The molecular formula is C12H17FN2O2. The average molecular weight is 240 g/mol. The first-order valence-corrected chi connectivity index (χ1v) is 5.80. The van der Waals surface area contributed by atoms with Crippen LogP contribution in [0.2, 0.25) is 0 Å². The largest absolute Gasteiger partial charge is 0.393 e. The molecule has 2 atom stereocenters. The lowest BCUT2D eigenvalue weighted by Gasteiger charge is -2.35. The summed E-state index contributed by atoms with van der Waals surface area (Å²) in [7, 11) is 0. The summed E-state index contributed by atoms with van der Waals surface area (Å²) in [5, 5.41) is 18.9. The quantitative estimate of drug-likeness (QED) is 0.807. The third-order valence-electron chi connectivity index (χ3n) is 3.24. The number of aliphatic hydroxyl groups excluding tert-OH is 2. The predicted octanol–water partition coefficient (Wildman–Crippen LogP) is 0.920. The number of hydrogen-bond donors (Lipinski definition) is 2. The molecule has 2 unspecified atom stereocenters. The number of anilines is 1. The summed E-state index contributed by atoms with van der Waals surface area (Å²) >= 11 is 0. The fourth-order valence-electron chi connectivity index (χ4n) is 2.20. The molecule has 0 amide bonds. The van der Waals surface area contributed by atoms with Crippen molar-refractivity contribution in [1.82, 2.24) is 4.98 Å². The van der Waals surface area contributed by atoms with Crippen LogP contribution in [0.1, 0.15) is 18.9 Å². The molecule has 0 saturated carbocycles. The number of piperidine rings is 1. The second kappa shape index (κ2) is 4.98. The minimum atomic E-state index is -0.442. The molecular weight excluding hydrogens is 223 g/mol. The van der Waals surface area contributed by atoms with Crippen molar-refractivity contribution in [3.63, 3.8) is 0 Å². The van der Waals surface area contributed by atoms with Crippen molar-refractivity contribution in [3.05, 3.63) is 23.6 Å². The highest BCUT2D eigenvalue weighted by Gasteiger charge is 2.26. The van der Waals surface area contributed by atoms with Gasteiger partial charge >= 0.3 is 0 Å². The SMILES string of the molecule is CC1CN(c2ncc(F)cc2CO)CCC1O. The molecule has 1 fully saturated rings. The van der Waals surface area contributed by atoms with E-state index in [1.165, 1.54) is 6.07 Å². The molecule has 1 saturated heterocycles. The fraction of sp³-hybridized carbons (Fsp3) is 0.583. The van der Waals surface area contributed by atoms with Crippen LogP contribution >= 0.6 is 0 Å². The Hall–Kier alpha value is -1.20. The van der Waals surface area contributed by atoms with Gasteiger partial charge in [0.15, 0.2) is 0 Å². The number of halogens is 1. The molecule has 0 aromatic carbocycles. The van der Waals surface area contributed by atoms with Crippen molar-refractivity contribution in [2.45, 2.75) is 26.1 Å². The highest BCUT2D eigenvalue weighted by atomic mass is 19.1. The molecule has 5 heteroatoms. The van der Waals surface area contributed by atoms with E-state index < -0.39 is 5.82 Å². The second-order valence-electron chi connectivity index (χ2n) is 4.57. The summed E-state index contributed by atoms with van der Waals surface area (Å²) in [5.74, 6) is 0.331. The number of hydrogen-bond acceptors (Lipinski definition) is 4. The molecule has 94 valence electrons. The Balaban J connectivity index is 2.22. The Morgan fingerprint density at radius 1 is 1.59 bits per heavy atom. The van der Waals surface area contributed by atoms with Crippen LogP contribution in [0.15, 0.2) is 12.3 Å². The van der Waals surface area contributed by atoms with Gasteiger partial charge in [-0.15, -0.1) is 0 Å². The first kappa shape index (κ1) is 12.3. The summed E-state index contributed by atoms with van der Waals surface area (Å²) in [6.07, 6.45) is 1.54. The molecule has 0 spiro atoms. The van der Waals surface area contributed by atoms with Crippen LogP contribution in [0.25, 0.3) is 0 Å². The summed E-state index contributed by atoms with van der Waals surface area (Å²) in [4.78, 5) is 6.03. The highest BCUT2D eigenvalue weighted by Crippen LogP contribution is 2.25. The Kier molecular flexibility index (Phi) is 3.59. The first-order chi connectivity index (χ1) is 8.11. The van der Waals surface area contributed by atoms with Gasteiger partial charge in [-0.3, -0.25) is 0 Å². The Morgan fingerprint density at radius 3 is 3.00 bits per heavy atom. The van der Waals surface area contributed by atoms with Gasteiger partial charge in [-0.2, -0.15) is 0 Å². The highest BCUT2D eigenvalue weighted by molar-refractivity contribution is 5.47. The van der Waals surface area contributed by atoms with Crippen LogP contribution < -0.4 is 4.90 Å². The maximum absolute atomic E-state index is 13.0. The summed E-state index contributed by atoms with van der Waals surface area (Å²) in [6.45, 7) is 3.09.